The molecule has 0 aromatic heterocycles. The predicted octanol–water partition coefficient (Wildman–Crippen LogP) is 4.75. The highest BCUT2D eigenvalue weighted by molar-refractivity contribution is 5.75. The average Bonchev–Trinajstić information content (AvgIpc) is 2.62. The highest BCUT2D eigenvalue weighted by atomic mass is 15.1. The van der Waals surface area contributed by atoms with Crippen molar-refractivity contribution < 1.29 is 0 Å². The number of benzene rings is 2. The van der Waals surface area contributed by atoms with E-state index in [1.807, 2.05) is 18.2 Å². The monoisotopic (exact) mass is 302 g/mol. The Bertz CT molecular complexity index is 729. The van der Waals surface area contributed by atoms with E-state index < -0.39 is 0 Å². The molecule has 1 aliphatic rings. The lowest BCUT2D eigenvalue weighted by molar-refractivity contribution is 0.950. The standard InChI is InChI=1S/C21H22N2/c1-2-19-15-18(14-17-8-4-3-5-9-17)11-12-21(19)23-13-7-6-10-20(23)16-22/h3-13,15-16,20,22H,2,14H2,1H3. The van der Waals surface area contributed by atoms with E-state index in [2.05, 4.69) is 66.6 Å². The molecular weight excluding hydrogens is 280 g/mol. The van der Waals surface area contributed by atoms with Crippen LogP contribution in [0.4, 0.5) is 5.69 Å². The molecule has 2 aromatic carbocycles. The number of rotatable bonds is 5. The molecule has 0 spiro atoms. The summed E-state index contributed by atoms with van der Waals surface area (Å²) in [6, 6.07) is 17.3. The number of anilines is 1. The van der Waals surface area contributed by atoms with Gasteiger partial charge in [0.15, 0.2) is 0 Å². The molecule has 0 bridgehead atoms. The van der Waals surface area contributed by atoms with E-state index in [9.17, 15) is 0 Å². The number of aryl methyl sites for hydroxylation is 1. The third kappa shape index (κ3) is 3.42. The van der Waals surface area contributed by atoms with E-state index >= 15 is 0 Å². The smallest absolute Gasteiger partial charge is 0.0867 e. The van der Waals surface area contributed by atoms with Gasteiger partial charge in [-0.05, 0) is 41.7 Å². The molecule has 1 aliphatic heterocycles. The Morgan fingerprint density at radius 2 is 1.87 bits per heavy atom. The van der Waals surface area contributed by atoms with Gasteiger partial charge in [-0.25, -0.2) is 0 Å². The van der Waals surface area contributed by atoms with Gasteiger partial charge in [-0.2, -0.15) is 0 Å². The van der Waals surface area contributed by atoms with Gasteiger partial charge in [0.1, 0.15) is 0 Å². The summed E-state index contributed by atoms with van der Waals surface area (Å²) in [6.45, 7) is 2.19. The van der Waals surface area contributed by atoms with Crippen molar-refractivity contribution in [2.45, 2.75) is 25.8 Å². The van der Waals surface area contributed by atoms with Crippen molar-refractivity contribution in [3.63, 3.8) is 0 Å². The maximum Gasteiger partial charge on any atom is 0.0867 e. The van der Waals surface area contributed by atoms with Crippen LogP contribution in [0.5, 0.6) is 0 Å². The van der Waals surface area contributed by atoms with Crippen LogP contribution < -0.4 is 4.90 Å². The minimum atomic E-state index is 0.00488. The lowest BCUT2D eigenvalue weighted by atomic mass is 9.99. The van der Waals surface area contributed by atoms with Crippen LogP contribution in [0.1, 0.15) is 23.6 Å². The van der Waals surface area contributed by atoms with Gasteiger partial charge in [0, 0.05) is 18.1 Å². The molecule has 0 saturated carbocycles. The molecule has 2 aromatic rings. The number of hydrogen-bond donors (Lipinski definition) is 1. The third-order valence-electron chi connectivity index (χ3n) is 4.21. The van der Waals surface area contributed by atoms with Crippen LogP contribution in [0.15, 0.2) is 73.0 Å². The fourth-order valence-corrected chi connectivity index (χ4v) is 3.00. The molecule has 3 rings (SSSR count). The van der Waals surface area contributed by atoms with Gasteiger partial charge >= 0.3 is 0 Å². The van der Waals surface area contributed by atoms with Gasteiger partial charge < -0.3 is 10.3 Å². The molecule has 0 aliphatic carbocycles. The van der Waals surface area contributed by atoms with Crippen molar-refractivity contribution >= 4 is 11.9 Å². The van der Waals surface area contributed by atoms with Crippen molar-refractivity contribution in [1.29, 1.82) is 5.41 Å². The van der Waals surface area contributed by atoms with Crippen molar-refractivity contribution in [3.05, 3.63) is 89.6 Å². The quantitative estimate of drug-likeness (QED) is 0.793. The number of nitrogens with zero attached hydrogens (tertiary/aromatic N) is 1. The third-order valence-corrected chi connectivity index (χ3v) is 4.21. The molecule has 0 fully saturated rings. The van der Waals surface area contributed by atoms with Crippen LogP contribution in [-0.4, -0.2) is 12.3 Å². The van der Waals surface area contributed by atoms with E-state index in [-0.39, 0.29) is 6.04 Å². The lowest BCUT2D eigenvalue weighted by Gasteiger charge is -2.29. The predicted molar refractivity (Wildman–Crippen MR) is 98.4 cm³/mol. The summed E-state index contributed by atoms with van der Waals surface area (Å²) in [5.74, 6) is 0. The summed E-state index contributed by atoms with van der Waals surface area (Å²) in [5, 5.41) is 7.64. The summed E-state index contributed by atoms with van der Waals surface area (Å²) in [6.07, 6.45) is 11.6. The van der Waals surface area contributed by atoms with Gasteiger partial charge in [0.2, 0.25) is 0 Å². The molecule has 0 radical (unpaired) electrons. The first-order chi connectivity index (χ1) is 11.3. The van der Waals surface area contributed by atoms with E-state index in [1.165, 1.54) is 28.6 Å². The second-order valence-corrected chi connectivity index (χ2v) is 5.77. The van der Waals surface area contributed by atoms with Crippen LogP contribution >= 0.6 is 0 Å². The Kier molecular flexibility index (Phi) is 4.72. The molecule has 23 heavy (non-hydrogen) atoms. The zero-order chi connectivity index (χ0) is 16.1. The number of allylic oxidation sites excluding steroid dienone is 2. The Hall–Kier alpha value is -2.61. The molecule has 116 valence electrons. The minimum absolute atomic E-state index is 0.00488. The highest BCUT2D eigenvalue weighted by Crippen LogP contribution is 2.27. The molecule has 2 heteroatoms. The Morgan fingerprint density at radius 1 is 1.04 bits per heavy atom. The topological polar surface area (TPSA) is 27.1 Å². The van der Waals surface area contributed by atoms with Crippen molar-refractivity contribution in [2.24, 2.45) is 0 Å². The normalized spacial score (nSPS) is 16.6. The van der Waals surface area contributed by atoms with Crippen molar-refractivity contribution in [3.8, 4) is 0 Å². The summed E-state index contributed by atoms with van der Waals surface area (Å²) in [4.78, 5) is 2.16. The maximum atomic E-state index is 7.64. The molecule has 1 atom stereocenters. The van der Waals surface area contributed by atoms with Gasteiger partial charge in [0.25, 0.3) is 0 Å². The number of hydrogen-bond acceptors (Lipinski definition) is 2. The fraction of sp³-hybridized carbons (Fsp3) is 0.190. The molecule has 1 heterocycles. The SMILES string of the molecule is CCc1cc(Cc2ccccc2)ccc1N1C=CC=CC1C=N. The molecule has 1 unspecified atom stereocenters. The molecule has 1 N–H and O–H groups in total. The van der Waals surface area contributed by atoms with E-state index in [1.54, 1.807) is 0 Å². The molecule has 0 amide bonds. The first-order valence-electron chi connectivity index (χ1n) is 8.11. The van der Waals surface area contributed by atoms with Crippen molar-refractivity contribution in [1.82, 2.24) is 0 Å². The van der Waals surface area contributed by atoms with Gasteiger partial charge in [-0.3, -0.25) is 0 Å². The first-order valence-corrected chi connectivity index (χ1v) is 8.11. The minimum Gasteiger partial charge on any atom is -0.336 e. The summed E-state index contributed by atoms with van der Waals surface area (Å²) in [5.41, 5.74) is 5.18. The summed E-state index contributed by atoms with van der Waals surface area (Å²) < 4.78 is 0. The molecular formula is C21H22N2. The second-order valence-electron chi connectivity index (χ2n) is 5.77. The molecule has 2 nitrogen and oxygen atoms in total. The van der Waals surface area contributed by atoms with Crippen LogP contribution in [0, 0.1) is 5.41 Å². The van der Waals surface area contributed by atoms with E-state index in [4.69, 9.17) is 5.41 Å². The zero-order valence-electron chi connectivity index (χ0n) is 13.4. The Balaban J connectivity index is 1.89. The van der Waals surface area contributed by atoms with Gasteiger partial charge in [0.05, 0.1) is 6.04 Å². The second kappa shape index (κ2) is 7.10. The van der Waals surface area contributed by atoms with E-state index in [0.717, 1.165) is 12.8 Å². The van der Waals surface area contributed by atoms with Gasteiger partial charge in [-0.1, -0.05) is 61.5 Å². The first kappa shape index (κ1) is 15.3. The van der Waals surface area contributed by atoms with Gasteiger partial charge in [-0.15, -0.1) is 0 Å². The summed E-state index contributed by atoms with van der Waals surface area (Å²) in [7, 11) is 0. The van der Waals surface area contributed by atoms with Crippen LogP contribution in [0.25, 0.3) is 0 Å². The fourth-order valence-electron chi connectivity index (χ4n) is 3.00. The van der Waals surface area contributed by atoms with Crippen LogP contribution in [-0.2, 0) is 12.8 Å². The summed E-state index contributed by atoms with van der Waals surface area (Å²) >= 11 is 0. The van der Waals surface area contributed by atoms with Crippen LogP contribution in [0.2, 0.25) is 0 Å². The average molecular weight is 302 g/mol. The molecule has 0 saturated heterocycles. The maximum absolute atomic E-state index is 7.64. The van der Waals surface area contributed by atoms with Crippen molar-refractivity contribution in [2.75, 3.05) is 4.90 Å². The van der Waals surface area contributed by atoms with Crippen LogP contribution in [0.3, 0.4) is 0 Å². The Labute approximate surface area is 138 Å². The number of nitrogens with one attached hydrogen (secondary N) is 1. The van der Waals surface area contributed by atoms with E-state index in [0.29, 0.717) is 0 Å². The Morgan fingerprint density at radius 3 is 2.61 bits per heavy atom. The largest absolute Gasteiger partial charge is 0.336 e. The zero-order valence-corrected chi connectivity index (χ0v) is 13.4. The lowest BCUT2D eigenvalue weighted by Crippen LogP contribution is -2.32. The highest BCUT2D eigenvalue weighted by Gasteiger charge is 2.16.